The van der Waals surface area contributed by atoms with Crippen molar-refractivity contribution < 1.29 is 14.3 Å². The van der Waals surface area contributed by atoms with Crippen molar-refractivity contribution in [3.8, 4) is 0 Å². The SMILES string of the molecule is COCCNC(=O)c1c(NC(=O)CN(C)Cc2ccccc2Br)sc2c1CCCC2. The van der Waals surface area contributed by atoms with Crippen LogP contribution in [-0.4, -0.2) is 50.6 Å². The first kappa shape index (κ1) is 22.9. The molecule has 6 nitrogen and oxygen atoms in total. The molecule has 1 aromatic heterocycles. The number of ether oxygens (including phenoxy) is 1. The zero-order valence-corrected chi connectivity index (χ0v) is 19.8. The van der Waals surface area contributed by atoms with Crippen molar-refractivity contribution in [1.29, 1.82) is 0 Å². The van der Waals surface area contributed by atoms with Gasteiger partial charge in [-0.05, 0) is 49.9 Å². The number of aryl methyl sites for hydroxylation is 1. The number of halogens is 1. The Morgan fingerprint density at radius 3 is 2.77 bits per heavy atom. The first-order valence-corrected chi connectivity index (χ1v) is 11.7. The number of hydrogen-bond donors (Lipinski definition) is 2. The Balaban J connectivity index is 1.68. The van der Waals surface area contributed by atoms with Crippen LogP contribution in [0.15, 0.2) is 28.7 Å². The van der Waals surface area contributed by atoms with E-state index in [9.17, 15) is 9.59 Å². The summed E-state index contributed by atoms with van der Waals surface area (Å²) >= 11 is 5.09. The molecule has 2 aromatic rings. The Bertz CT molecular complexity index is 900. The highest BCUT2D eigenvalue weighted by Gasteiger charge is 2.26. The highest BCUT2D eigenvalue weighted by molar-refractivity contribution is 9.10. The normalized spacial score (nSPS) is 13.2. The molecule has 1 aliphatic rings. The van der Waals surface area contributed by atoms with Gasteiger partial charge in [-0.2, -0.15) is 0 Å². The monoisotopic (exact) mass is 493 g/mol. The third kappa shape index (κ3) is 5.91. The van der Waals surface area contributed by atoms with Gasteiger partial charge in [0.05, 0.1) is 18.7 Å². The van der Waals surface area contributed by atoms with Crippen molar-refractivity contribution in [3.63, 3.8) is 0 Å². The number of nitrogens with one attached hydrogen (secondary N) is 2. The maximum Gasteiger partial charge on any atom is 0.254 e. The van der Waals surface area contributed by atoms with Gasteiger partial charge in [-0.25, -0.2) is 0 Å². The van der Waals surface area contributed by atoms with Gasteiger partial charge in [-0.3, -0.25) is 14.5 Å². The van der Waals surface area contributed by atoms with Crippen LogP contribution in [0.3, 0.4) is 0 Å². The quantitative estimate of drug-likeness (QED) is 0.520. The molecule has 3 rings (SSSR count). The second-order valence-corrected chi connectivity index (χ2v) is 9.44. The second-order valence-electron chi connectivity index (χ2n) is 7.48. The molecule has 2 N–H and O–H groups in total. The van der Waals surface area contributed by atoms with E-state index in [1.54, 1.807) is 18.4 Å². The van der Waals surface area contributed by atoms with E-state index in [-0.39, 0.29) is 18.4 Å². The Kier molecular flexibility index (Phi) is 8.44. The number of hydrogen-bond acceptors (Lipinski definition) is 5. The number of nitrogens with zero attached hydrogens (tertiary/aromatic N) is 1. The van der Waals surface area contributed by atoms with Crippen LogP contribution in [0.2, 0.25) is 0 Å². The van der Waals surface area contributed by atoms with Crippen LogP contribution < -0.4 is 10.6 Å². The van der Waals surface area contributed by atoms with Gasteiger partial charge >= 0.3 is 0 Å². The highest BCUT2D eigenvalue weighted by atomic mass is 79.9. The molecule has 8 heteroatoms. The van der Waals surface area contributed by atoms with Gasteiger partial charge in [0, 0.05) is 29.5 Å². The number of carbonyl (C=O) groups excluding carboxylic acids is 2. The third-order valence-corrected chi connectivity index (χ3v) is 7.04. The van der Waals surface area contributed by atoms with Gasteiger partial charge in [0.2, 0.25) is 5.91 Å². The molecule has 0 radical (unpaired) electrons. The van der Waals surface area contributed by atoms with Gasteiger partial charge < -0.3 is 15.4 Å². The number of fused-ring (bicyclic) bond motifs is 1. The summed E-state index contributed by atoms with van der Waals surface area (Å²) in [7, 11) is 3.52. The van der Waals surface area contributed by atoms with Crippen LogP contribution in [0.25, 0.3) is 0 Å². The van der Waals surface area contributed by atoms with Crippen LogP contribution in [0.4, 0.5) is 5.00 Å². The summed E-state index contributed by atoms with van der Waals surface area (Å²) in [5, 5.41) is 6.57. The van der Waals surface area contributed by atoms with Crippen LogP contribution >= 0.6 is 27.3 Å². The molecule has 1 heterocycles. The fourth-order valence-corrected chi connectivity index (χ4v) is 5.35. The first-order valence-electron chi connectivity index (χ1n) is 10.1. The van der Waals surface area contributed by atoms with E-state index in [0.29, 0.717) is 30.3 Å². The topological polar surface area (TPSA) is 70.7 Å². The molecule has 1 aliphatic carbocycles. The maximum absolute atomic E-state index is 12.8. The number of likely N-dealkylation sites (N-methyl/N-ethyl adjacent to an activating group) is 1. The Morgan fingerprint density at radius 2 is 2.00 bits per heavy atom. The highest BCUT2D eigenvalue weighted by Crippen LogP contribution is 2.38. The summed E-state index contributed by atoms with van der Waals surface area (Å²) in [5.74, 6) is -0.252. The summed E-state index contributed by atoms with van der Waals surface area (Å²) < 4.78 is 6.05. The molecule has 2 amide bonds. The summed E-state index contributed by atoms with van der Waals surface area (Å²) in [6.45, 7) is 1.80. The minimum atomic E-state index is -0.136. The lowest BCUT2D eigenvalue weighted by molar-refractivity contribution is -0.117. The molecule has 1 aromatic carbocycles. The Labute approximate surface area is 190 Å². The zero-order chi connectivity index (χ0) is 21.5. The first-order chi connectivity index (χ1) is 14.5. The predicted octanol–water partition coefficient (Wildman–Crippen LogP) is 3.84. The Hall–Kier alpha value is -1.74. The van der Waals surface area contributed by atoms with E-state index < -0.39 is 0 Å². The van der Waals surface area contributed by atoms with Crippen molar-refractivity contribution in [1.82, 2.24) is 10.2 Å². The number of rotatable bonds is 9. The maximum atomic E-state index is 12.8. The van der Waals surface area contributed by atoms with E-state index in [4.69, 9.17) is 4.74 Å². The molecule has 0 bridgehead atoms. The van der Waals surface area contributed by atoms with Gasteiger partial charge in [0.15, 0.2) is 0 Å². The number of thiophene rings is 1. The second kappa shape index (κ2) is 11.0. The fourth-order valence-electron chi connectivity index (χ4n) is 3.63. The molecule has 30 heavy (non-hydrogen) atoms. The summed E-state index contributed by atoms with van der Waals surface area (Å²) in [4.78, 5) is 28.7. The van der Waals surface area contributed by atoms with E-state index in [0.717, 1.165) is 41.3 Å². The summed E-state index contributed by atoms with van der Waals surface area (Å²) in [6, 6.07) is 7.98. The Morgan fingerprint density at radius 1 is 1.23 bits per heavy atom. The fraction of sp³-hybridized carbons (Fsp3) is 0.455. The predicted molar refractivity (Wildman–Crippen MR) is 124 cm³/mol. The van der Waals surface area contributed by atoms with Gasteiger partial charge in [-0.15, -0.1) is 11.3 Å². The molecular weight excluding hydrogens is 466 g/mol. The third-order valence-electron chi connectivity index (χ3n) is 5.05. The smallest absolute Gasteiger partial charge is 0.254 e. The van der Waals surface area contributed by atoms with Crippen LogP contribution in [-0.2, 0) is 28.9 Å². The molecule has 0 fully saturated rings. The molecule has 0 saturated heterocycles. The number of carbonyl (C=O) groups is 2. The van der Waals surface area contributed by atoms with Crippen LogP contribution in [0.1, 0.15) is 39.2 Å². The van der Waals surface area contributed by atoms with Crippen LogP contribution in [0, 0.1) is 0 Å². The van der Waals surface area contributed by atoms with Crippen molar-refractivity contribution >= 4 is 44.1 Å². The lowest BCUT2D eigenvalue weighted by atomic mass is 9.95. The van der Waals surface area contributed by atoms with Crippen LogP contribution in [0.5, 0.6) is 0 Å². The number of benzene rings is 1. The summed E-state index contributed by atoms with van der Waals surface area (Å²) in [6.07, 6.45) is 4.05. The molecule has 0 atom stereocenters. The van der Waals surface area contributed by atoms with Crippen molar-refractivity contribution in [2.75, 3.05) is 39.2 Å². The average molecular weight is 494 g/mol. The lowest BCUT2D eigenvalue weighted by Gasteiger charge is -2.17. The molecule has 0 saturated carbocycles. The largest absolute Gasteiger partial charge is 0.383 e. The van der Waals surface area contributed by atoms with Gasteiger partial charge in [0.25, 0.3) is 5.91 Å². The van der Waals surface area contributed by atoms with E-state index >= 15 is 0 Å². The standard InChI is InChI=1S/C22H28BrN3O3S/c1-26(13-15-7-3-5-9-17(15)23)14-19(27)25-22-20(21(28)24-11-12-29-2)16-8-4-6-10-18(16)30-22/h3,5,7,9H,4,6,8,10-14H2,1-2H3,(H,24,28)(H,25,27). The van der Waals surface area contributed by atoms with Gasteiger partial charge in [-0.1, -0.05) is 34.1 Å². The summed E-state index contributed by atoms with van der Waals surface area (Å²) in [5.41, 5.74) is 2.85. The number of amides is 2. The molecule has 0 aliphatic heterocycles. The average Bonchev–Trinajstić information content (AvgIpc) is 3.07. The van der Waals surface area contributed by atoms with Crippen molar-refractivity contribution in [3.05, 3.63) is 50.3 Å². The molecule has 0 unspecified atom stereocenters. The minimum Gasteiger partial charge on any atom is -0.383 e. The van der Waals surface area contributed by atoms with Crippen molar-refractivity contribution in [2.45, 2.75) is 32.2 Å². The van der Waals surface area contributed by atoms with E-state index in [1.807, 2.05) is 36.2 Å². The van der Waals surface area contributed by atoms with Gasteiger partial charge in [0.1, 0.15) is 5.00 Å². The zero-order valence-electron chi connectivity index (χ0n) is 17.4. The lowest BCUT2D eigenvalue weighted by Crippen LogP contribution is -2.31. The molecule has 162 valence electrons. The van der Waals surface area contributed by atoms with E-state index in [2.05, 4.69) is 26.6 Å². The van der Waals surface area contributed by atoms with E-state index in [1.165, 1.54) is 4.88 Å². The minimum absolute atomic E-state index is 0.117. The molecule has 0 spiro atoms. The number of anilines is 1. The van der Waals surface area contributed by atoms with Crippen molar-refractivity contribution in [2.24, 2.45) is 0 Å². The molecular formula is C22H28BrN3O3S. The number of methoxy groups -OCH3 is 1.